The van der Waals surface area contributed by atoms with Crippen LogP contribution in [0, 0.1) is 0 Å². The van der Waals surface area contributed by atoms with Crippen LogP contribution in [0.15, 0.2) is 0 Å². The molecule has 96 valence electrons. The summed E-state index contributed by atoms with van der Waals surface area (Å²) in [4.78, 5) is 0. The fraction of sp³-hybridized carbons (Fsp3) is 1.00. The Morgan fingerprint density at radius 1 is 1.19 bits per heavy atom. The zero-order valence-electron chi connectivity index (χ0n) is 9.28. The van der Waals surface area contributed by atoms with Gasteiger partial charge >= 0.3 is 0 Å². The van der Waals surface area contributed by atoms with Crippen molar-refractivity contribution in [1.29, 1.82) is 0 Å². The third-order valence-corrected chi connectivity index (χ3v) is 2.44. The summed E-state index contributed by atoms with van der Waals surface area (Å²) < 4.78 is 20.0. The SMILES string of the molecule is COCO[C@@H]1[C@@H](OC)O[C@H](CO)[C@@H](O)[C@@H]1O. The molecule has 1 heterocycles. The van der Waals surface area contributed by atoms with Crippen LogP contribution < -0.4 is 0 Å². The summed E-state index contributed by atoms with van der Waals surface area (Å²) in [6, 6.07) is 0. The molecule has 0 bridgehead atoms. The van der Waals surface area contributed by atoms with Gasteiger partial charge in [-0.25, -0.2) is 0 Å². The minimum absolute atomic E-state index is 0.0541. The van der Waals surface area contributed by atoms with Crippen molar-refractivity contribution in [2.24, 2.45) is 0 Å². The van der Waals surface area contributed by atoms with E-state index in [1.807, 2.05) is 0 Å². The highest BCUT2D eigenvalue weighted by atomic mass is 16.7. The Morgan fingerprint density at radius 2 is 1.88 bits per heavy atom. The van der Waals surface area contributed by atoms with E-state index in [9.17, 15) is 10.2 Å². The van der Waals surface area contributed by atoms with Gasteiger partial charge in [0, 0.05) is 14.2 Å². The number of hydrogen-bond acceptors (Lipinski definition) is 7. The summed E-state index contributed by atoms with van der Waals surface area (Å²) in [5, 5.41) is 28.3. The molecule has 0 spiro atoms. The molecule has 5 atom stereocenters. The van der Waals surface area contributed by atoms with Crippen molar-refractivity contribution < 1.29 is 34.3 Å². The topological polar surface area (TPSA) is 97.6 Å². The van der Waals surface area contributed by atoms with Crippen LogP contribution in [-0.4, -0.2) is 73.6 Å². The first-order chi connectivity index (χ1) is 7.65. The molecule has 0 radical (unpaired) electrons. The zero-order valence-corrected chi connectivity index (χ0v) is 9.28. The number of aliphatic hydroxyl groups is 3. The van der Waals surface area contributed by atoms with E-state index in [1.54, 1.807) is 0 Å². The predicted octanol–water partition coefficient (Wildman–Crippen LogP) is -1.94. The summed E-state index contributed by atoms with van der Waals surface area (Å²) in [6.45, 7) is -0.462. The van der Waals surface area contributed by atoms with Gasteiger partial charge in [0.2, 0.25) is 0 Å². The van der Waals surface area contributed by atoms with Gasteiger partial charge in [0.05, 0.1) is 6.61 Å². The second kappa shape index (κ2) is 6.45. The minimum atomic E-state index is -1.22. The number of rotatable bonds is 5. The van der Waals surface area contributed by atoms with Gasteiger partial charge in [-0.05, 0) is 0 Å². The number of ether oxygens (including phenoxy) is 4. The summed E-state index contributed by atoms with van der Waals surface area (Å²) >= 11 is 0. The Kier molecular flexibility index (Phi) is 5.56. The lowest BCUT2D eigenvalue weighted by atomic mass is 9.99. The van der Waals surface area contributed by atoms with Crippen LogP contribution in [0.2, 0.25) is 0 Å². The molecule has 0 aliphatic carbocycles. The number of aliphatic hydroxyl groups excluding tert-OH is 3. The van der Waals surface area contributed by atoms with Crippen molar-refractivity contribution in [1.82, 2.24) is 0 Å². The van der Waals surface area contributed by atoms with E-state index in [0.717, 1.165) is 0 Å². The molecule has 0 aromatic carbocycles. The maximum absolute atomic E-state index is 9.77. The summed E-state index contributed by atoms with van der Waals surface area (Å²) in [6.07, 6.45) is -5.03. The largest absolute Gasteiger partial charge is 0.394 e. The molecular weight excluding hydrogens is 220 g/mol. The van der Waals surface area contributed by atoms with Gasteiger partial charge in [0.1, 0.15) is 31.2 Å². The van der Waals surface area contributed by atoms with Gasteiger partial charge in [-0.2, -0.15) is 0 Å². The molecule has 1 fully saturated rings. The molecule has 0 aromatic heterocycles. The third-order valence-electron chi connectivity index (χ3n) is 2.44. The Morgan fingerprint density at radius 3 is 2.38 bits per heavy atom. The van der Waals surface area contributed by atoms with Crippen molar-refractivity contribution in [3.05, 3.63) is 0 Å². The molecule has 7 heteroatoms. The fourth-order valence-electron chi connectivity index (χ4n) is 1.57. The van der Waals surface area contributed by atoms with Gasteiger partial charge in [0.25, 0.3) is 0 Å². The van der Waals surface area contributed by atoms with Crippen molar-refractivity contribution in [3.63, 3.8) is 0 Å². The molecular formula is C9H18O7. The maximum Gasteiger partial charge on any atom is 0.186 e. The lowest BCUT2D eigenvalue weighted by molar-refractivity contribution is -0.312. The minimum Gasteiger partial charge on any atom is -0.394 e. The van der Waals surface area contributed by atoms with Gasteiger partial charge in [-0.15, -0.1) is 0 Å². The van der Waals surface area contributed by atoms with Gasteiger partial charge in [-0.1, -0.05) is 0 Å². The Hall–Kier alpha value is -0.280. The van der Waals surface area contributed by atoms with Gasteiger partial charge < -0.3 is 34.3 Å². The molecule has 1 aliphatic heterocycles. The summed E-state index contributed by atoms with van der Waals surface area (Å²) in [7, 11) is 2.82. The molecule has 1 aliphatic rings. The highest BCUT2D eigenvalue weighted by Crippen LogP contribution is 2.23. The Bertz CT molecular complexity index is 198. The smallest absolute Gasteiger partial charge is 0.186 e. The number of hydrogen-bond donors (Lipinski definition) is 3. The summed E-state index contributed by atoms with van der Waals surface area (Å²) in [5.74, 6) is 0. The molecule has 1 saturated heterocycles. The number of methoxy groups -OCH3 is 2. The van der Waals surface area contributed by atoms with E-state index in [4.69, 9.17) is 24.1 Å². The lowest BCUT2D eigenvalue weighted by Crippen LogP contribution is -2.59. The van der Waals surface area contributed by atoms with Crippen LogP contribution >= 0.6 is 0 Å². The van der Waals surface area contributed by atoms with Crippen LogP contribution in [-0.2, 0) is 18.9 Å². The van der Waals surface area contributed by atoms with Crippen molar-refractivity contribution in [2.75, 3.05) is 27.6 Å². The van der Waals surface area contributed by atoms with Crippen LogP contribution in [0.25, 0.3) is 0 Å². The molecule has 1 rings (SSSR count). The van der Waals surface area contributed by atoms with E-state index in [2.05, 4.69) is 0 Å². The van der Waals surface area contributed by atoms with E-state index in [0.29, 0.717) is 0 Å². The van der Waals surface area contributed by atoms with Crippen LogP contribution in [0.5, 0.6) is 0 Å². The van der Waals surface area contributed by atoms with E-state index in [-0.39, 0.29) is 6.79 Å². The Labute approximate surface area is 93.5 Å². The maximum atomic E-state index is 9.77. The second-order valence-electron chi connectivity index (χ2n) is 3.48. The predicted molar refractivity (Wildman–Crippen MR) is 51.5 cm³/mol. The normalized spacial score (nSPS) is 39.9. The van der Waals surface area contributed by atoms with E-state index < -0.39 is 37.3 Å². The van der Waals surface area contributed by atoms with Crippen LogP contribution in [0.1, 0.15) is 0 Å². The quantitative estimate of drug-likeness (QED) is 0.479. The highest BCUT2D eigenvalue weighted by Gasteiger charge is 2.45. The zero-order chi connectivity index (χ0) is 12.1. The first kappa shape index (κ1) is 13.8. The molecule has 16 heavy (non-hydrogen) atoms. The molecule has 3 N–H and O–H groups in total. The molecule has 7 nitrogen and oxygen atoms in total. The van der Waals surface area contributed by atoms with Gasteiger partial charge in [-0.3, -0.25) is 0 Å². The van der Waals surface area contributed by atoms with E-state index in [1.165, 1.54) is 14.2 Å². The second-order valence-corrected chi connectivity index (χ2v) is 3.48. The lowest BCUT2D eigenvalue weighted by Gasteiger charge is -2.41. The monoisotopic (exact) mass is 238 g/mol. The van der Waals surface area contributed by atoms with E-state index >= 15 is 0 Å². The Balaban J connectivity index is 2.65. The van der Waals surface area contributed by atoms with Crippen molar-refractivity contribution in [3.8, 4) is 0 Å². The molecule has 0 unspecified atom stereocenters. The first-order valence-electron chi connectivity index (χ1n) is 4.91. The highest BCUT2D eigenvalue weighted by molar-refractivity contribution is 4.89. The average Bonchev–Trinajstić information content (AvgIpc) is 2.31. The standard InChI is InChI=1S/C9H18O7/c1-13-4-15-8-7(12)6(11)5(3-10)16-9(8)14-2/h5-12H,3-4H2,1-2H3/t5-,6-,7+,8+,9+/m1/s1. The fourth-order valence-corrected chi connectivity index (χ4v) is 1.57. The first-order valence-corrected chi connectivity index (χ1v) is 4.91. The van der Waals surface area contributed by atoms with Crippen molar-refractivity contribution in [2.45, 2.75) is 30.7 Å². The van der Waals surface area contributed by atoms with Crippen LogP contribution in [0.3, 0.4) is 0 Å². The third kappa shape index (κ3) is 2.89. The average molecular weight is 238 g/mol. The van der Waals surface area contributed by atoms with Crippen molar-refractivity contribution >= 4 is 0 Å². The molecule has 0 aromatic rings. The van der Waals surface area contributed by atoms with Crippen LogP contribution in [0.4, 0.5) is 0 Å². The molecule has 0 saturated carbocycles. The summed E-state index contributed by atoms with van der Waals surface area (Å²) in [5.41, 5.74) is 0. The van der Waals surface area contributed by atoms with Gasteiger partial charge in [0.15, 0.2) is 6.29 Å². The molecule has 0 amide bonds.